The monoisotopic (exact) mass is 236 g/mol. The van der Waals surface area contributed by atoms with Crippen LogP contribution >= 0.6 is 11.6 Å². The number of benzene rings is 1. The van der Waals surface area contributed by atoms with E-state index in [1.54, 1.807) is 12.3 Å². The van der Waals surface area contributed by atoms with E-state index in [0.29, 0.717) is 22.0 Å². The van der Waals surface area contributed by atoms with Crippen molar-refractivity contribution in [1.29, 1.82) is 0 Å². The van der Waals surface area contributed by atoms with Gasteiger partial charge >= 0.3 is 0 Å². The third kappa shape index (κ3) is 1.99. The molecule has 1 heterocycles. The van der Waals surface area contributed by atoms with Gasteiger partial charge in [0.05, 0.1) is 16.4 Å². The van der Waals surface area contributed by atoms with Crippen LogP contribution in [0.5, 0.6) is 0 Å². The summed E-state index contributed by atoms with van der Waals surface area (Å²) in [5, 5.41) is 0.435. The molecule has 0 saturated heterocycles. The van der Waals surface area contributed by atoms with Crippen molar-refractivity contribution in [2.45, 2.75) is 6.92 Å². The van der Waals surface area contributed by atoms with Crippen LogP contribution in [0.1, 0.15) is 5.56 Å². The Morgan fingerprint density at radius 2 is 2.06 bits per heavy atom. The summed E-state index contributed by atoms with van der Waals surface area (Å²) in [6.45, 7) is 1.89. The second kappa shape index (κ2) is 4.10. The zero-order chi connectivity index (χ0) is 11.7. The van der Waals surface area contributed by atoms with Crippen LogP contribution in [-0.2, 0) is 0 Å². The zero-order valence-electron chi connectivity index (χ0n) is 8.67. The highest BCUT2D eigenvalue weighted by Crippen LogP contribution is 2.31. The Labute approximate surface area is 97.9 Å². The summed E-state index contributed by atoms with van der Waals surface area (Å²) < 4.78 is 13.1. The van der Waals surface area contributed by atoms with E-state index in [0.717, 1.165) is 5.56 Å². The molecule has 0 amide bonds. The largest absolute Gasteiger partial charge is 0.397 e. The molecule has 0 fully saturated rings. The first kappa shape index (κ1) is 10.9. The highest BCUT2D eigenvalue weighted by molar-refractivity contribution is 6.33. The van der Waals surface area contributed by atoms with Gasteiger partial charge in [-0.1, -0.05) is 11.6 Å². The molecule has 82 valence electrons. The number of nitrogens with zero attached hydrogens (tertiary/aromatic N) is 1. The van der Waals surface area contributed by atoms with Gasteiger partial charge in [-0.3, -0.25) is 4.98 Å². The van der Waals surface area contributed by atoms with Gasteiger partial charge in [0.25, 0.3) is 0 Å². The number of hydrogen-bond acceptors (Lipinski definition) is 2. The Morgan fingerprint density at radius 1 is 1.31 bits per heavy atom. The van der Waals surface area contributed by atoms with Gasteiger partial charge in [0.15, 0.2) is 0 Å². The fourth-order valence-electron chi connectivity index (χ4n) is 1.50. The number of aromatic nitrogens is 1. The standard InChI is InChI=1S/C12H10ClFN2/c1-7-4-11(15)12(16-6-7)9-5-8(14)2-3-10(9)13/h2-6H,15H2,1H3. The molecule has 0 aliphatic carbocycles. The summed E-state index contributed by atoms with van der Waals surface area (Å²) in [7, 11) is 0. The van der Waals surface area contributed by atoms with Crippen LogP contribution in [0.2, 0.25) is 5.02 Å². The van der Waals surface area contributed by atoms with Crippen molar-refractivity contribution >= 4 is 17.3 Å². The van der Waals surface area contributed by atoms with Crippen LogP contribution in [0.4, 0.5) is 10.1 Å². The van der Waals surface area contributed by atoms with E-state index in [1.807, 2.05) is 6.92 Å². The molecule has 2 nitrogen and oxygen atoms in total. The van der Waals surface area contributed by atoms with Gasteiger partial charge in [0.2, 0.25) is 0 Å². The SMILES string of the molecule is Cc1cnc(-c2cc(F)ccc2Cl)c(N)c1. The van der Waals surface area contributed by atoms with Crippen molar-refractivity contribution in [1.82, 2.24) is 4.98 Å². The number of aryl methyl sites for hydroxylation is 1. The van der Waals surface area contributed by atoms with Crippen LogP contribution in [-0.4, -0.2) is 4.98 Å². The molecule has 0 radical (unpaired) electrons. The van der Waals surface area contributed by atoms with E-state index in [4.69, 9.17) is 17.3 Å². The minimum atomic E-state index is -0.360. The molecule has 0 aliphatic rings. The second-order valence-electron chi connectivity index (χ2n) is 3.57. The van der Waals surface area contributed by atoms with Crippen LogP contribution < -0.4 is 5.73 Å². The highest BCUT2D eigenvalue weighted by Gasteiger charge is 2.09. The number of hydrogen-bond donors (Lipinski definition) is 1. The maximum absolute atomic E-state index is 13.1. The van der Waals surface area contributed by atoms with Crippen molar-refractivity contribution in [3.63, 3.8) is 0 Å². The minimum absolute atomic E-state index is 0.360. The van der Waals surface area contributed by atoms with Gasteiger partial charge in [0, 0.05) is 11.8 Å². The lowest BCUT2D eigenvalue weighted by molar-refractivity contribution is 0.628. The average Bonchev–Trinajstić information content (AvgIpc) is 2.22. The Hall–Kier alpha value is -1.61. The van der Waals surface area contributed by atoms with Crippen LogP contribution in [0.25, 0.3) is 11.3 Å². The van der Waals surface area contributed by atoms with E-state index in [-0.39, 0.29) is 5.82 Å². The fourth-order valence-corrected chi connectivity index (χ4v) is 1.70. The van der Waals surface area contributed by atoms with Crippen molar-refractivity contribution in [2.24, 2.45) is 0 Å². The highest BCUT2D eigenvalue weighted by atomic mass is 35.5. The Bertz CT molecular complexity index is 541. The quantitative estimate of drug-likeness (QED) is 0.824. The lowest BCUT2D eigenvalue weighted by Gasteiger charge is -2.07. The maximum atomic E-state index is 13.1. The first-order valence-electron chi connectivity index (χ1n) is 4.75. The van der Waals surface area contributed by atoms with E-state index < -0.39 is 0 Å². The van der Waals surface area contributed by atoms with Crippen molar-refractivity contribution in [3.8, 4) is 11.3 Å². The van der Waals surface area contributed by atoms with Crippen LogP contribution in [0.3, 0.4) is 0 Å². The Morgan fingerprint density at radius 3 is 2.75 bits per heavy atom. The number of nitrogen functional groups attached to an aromatic ring is 1. The third-order valence-electron chi connectivity index (χ3n) is 2.24. The molecule has 0 unspecified atom stereocenters. The Kier molecular flexibility index (Phi) is 2.79. The summed E-state index contributed by atoms with van der Waals surface area (Å²) in [6, 6.07) is 5.91. The smallest absolute Gasteiger partial charge is 0.123 e. The molecule has 0 atom stereocenters. The van der Waals surface area contributed by atoms with Gasteiger partial charge in [0.1, 0.15) is 5.82 Å². The molecule has 16 heavy (non-hydrogen) atoms. The normalized spacial score (nSPS) is 10.4. The maximum Gasteiger partial charge on any atom is 0.123 e. The first-order valence-corrected chi connectivity index (χ1v) is 5.13. The summed E-state index contributed by atoms with van der Waals surface area (Å²) in [5.74, 6) is -0.360. The number of rotatable bonds is 1. The van der Waals surface area contributed by atoms with E-state index in [1.165, 1.54) is 18.2 Å². The molecule has 2 rings (SSSR count). The molecule has 0 bridgehead atoms. The predicted octanol–water partition coefficient (Wildman–Crippen LogP) is 3.43. The number of halogens is 2. The second-order valence-corrected chi connectivity index (χ2v) is 3.98. The van der Waals surface area contributed by atoms with Crippen molar-refractivity contribution in [3.05, 3.63) is 46.9 Å². The van der Waals surface area contributed by atoms with Crippen molar-refractivity contribution in [2.75, 3.05) is 5.73 Å². The van der Waals surface area contributed by atoms with E-state index in [2.05, 4.69) is 4.98 Å². The lowest BCUT2D eigenvalue weighted by Crippen LogP contribution is -1.95. The third-order valence-corrected chi connectivity index (χ3v) is 2.57. The number of nitrogens with two attached hydrogens (primary N) is 1. The Balaban J connectivity index is 2.62. The molecule has 4 heteroatoms. The predicted molar refractivity (Wildman–Crippen MR) is 63.8 cm³/mol. The number of anilines is 1. The van der Waals surface area contributed by atoms with Gasteiger partial charge in [-0.25, -0.2) is 4.39 Å². The average molecular weight is 237 g/mol. The van der Waals surface area contributed by atoms with Gasteiger partial charge in [-0.15, -0.1) is 0 Å². The molecule has 2 aromatic rings. The van der Waals surface area contributed by atoms with Gasteiger partial charge in [-0.05, 0) is 36.8 Å². The molecular formula is C12H10ClFN2. The molecule has 0 saturated carbocycles. The van der Waals surface area contributed by atoms with Crippen LogP contribution in [0, 0.1) is 12.7 Å². The summed E-state index contributed by atoms with van der Waals surface area (Å²) in [6.07, 6.45) is 1.67. The van der Waals surface area contributed by atoms with E-state index >= 15 is 0 Å². The van der Waals surface area contributed by atoms with Crippen LogP contribution in [0.15, 0.2) is 30.5 Å². The topological polar surface area (TPSA) is 38.9 Å². The molecule has 2 N–H and O–H groups in total. The lowest BCUT2D eigenvalue weighted by atomic mass is 10.1. The molecular weight excluding hydrogens is 227 g/mol. The minimum Gasteiger partial charge on any atom is -0.397 e. The first-order chi connectivity index (χ1) is 7.58. The molecule has 0 aliphatic heterocycles. The molecule has 0 spiro atoms. The molecule has 1 aromatic heterocycles. The summed E-state index contributed by atoms with van der Waals surface area (Å²) >= 11 is 5.98. The summed E-state index contributed by atoms with van der Waals surface area (Å²) in [5.41, 5.74) is 8.30. The van der Waals surface area contributed by atoms with Gasteiger partial charge < -0.3 is 5.73 Å². The van der Waals surface area contributed by atoms with E-state index in [9.17, 15) is 4.39 Å². The molecule has 1 aromatic carbocycles. The zero-order valence-corrected chi connectivity index (χ0v) is 9.42. The van der Waals surface area contributed by atoms with Gasteiger partial charge in [-0.2, -0.15) is 0 Å². The fraction of sp³-hybridized carbons (Fsp3) is 0.0833. The summed E-state index contributed by atoms with van der Waals surface area (Å²) in [4.78, 5) is 4.17. The number of pyridine rings is 1. The van der Waals surface area contributed by atoms with Crippen molar-refractivity contribution < 1.29 is 4.39 Å².